The number of nitrogens with one attached hydrogen (secondary N) is 1. The highest BCUT2D eigenvalue weighted by Crippen LogP contribution is 2.16. The van der Waals surface area contributed by atoms with Gasteiger partial charge in [-0.25, -0.2) is 0 Å². The fraction of sp³-hybridized carbons (Fsp3) is 0.200. The van der Waals surface area contributed by atoms with E-state index in [9.17, 15) is 9.59 Å². The van der Waals surface area contributed by atoms with Crippen molar-refractivity contribution in [3.8, 4) is 0 Å². The summed E-state index contributed by atoms with van der Waals surface area (Å²) < 4.78 is 0. The lowest BCUT2D eigenvalue weighted by Gasteiger charge is -2.29. The Morgan fingerprint density at radius 3 is 2.07 bits per heavy atom. The van der Waals surface area contributed by atoms with Crippen molar-refractivity contribution in [2.75, 3.05) is 0 Å². The molecule has 0 aromatic heterocycles. The van der Waals surface area contributed by atoms with Crippen LogP contribution >= 0.6 is 11.6 Å². The molecule has 3 aromatic rings. The molecule has 0 bridgehead atoms. The molecule has 3 aromatic carbocycles. The van der Waals surface area contributed by atoms with Gasteiger partial charge in [0, 0.05) is 18.1 Å². The summed E-state index contributed by atoms with van der Waals surface area (Å²) in [6.07, 6.45) is 0.246. The van der Waals surface area contributed by atoms with Gasteiger partial charge in [-0.15, -0.1) is 0 Å². The Labute approximate surface area is 182 Å². The highest BCUT2D eigenvalue weighted by atomic mass is 35.5. The molecular weight excluding hydrogens is 396 g/mol. The Balaban J connectivity index is 1.73. The molecule has 0 fully saturated rings. The molecule has 0 radical (unpaired) electrons. The third-order valence-corrected chi connectivity index (χ3v) is 5.34. The second-order valence-electron chi connectivity index (χ2n) is 7.15. The molecule has 0 aliphatic rings. The minimum absolute atomic E-state index is 0.0922. The van der Waals surface area contributed by atoms with E-state index in [0.717, 1.165) is 16.7 Å². The number of amides is 2. The van der Waals surface area contributed by atoms with Gasteiger partial charge >= 0.3 is 0 Å². The molecule has 0 heterocycles. The van der Waals surface area contributed by atoms with Crippen LogP contribution < -0.4 is 5.32 Å². The van der Waals surface area contributed by atoms with E-state index in [1.165, 1.54) is 0 Å². The molecule has 0 spiro atoms. The van der Waals surface area contributed by atoms with Crippen LogP contribution in [0.5, 0.6) is 0 Å². The van der Waals surface area contributed by atoms with Crippen LogP contribution in [0.2, 0.25) is 5.02 Å². The van der Waals surface area contributed by atoms with Crippen LogP contribution in [0.4, 0.5) is 0 Å². The lowest BCUT2D eigenvalue weighted by Crippen LogP contribution is -2.48. The van der Waals surface area contributed by atoms with Gasteiger partial charge < -0.3 is 10.2 Å². The summed E-state index contributed by atoms with van der Waals surface area (Å²) in [5.41, 5.74) is 2.74. The van der Waals surface area contributed by atoms with E-state index >= 15 is 0 Å². The molecule has 5 heteroatoms. The molecule has 30 heavy (non-hydrogen) atoms. The van der Waals surface area contributed by atoms with Gasteiger partial charge in [0.2, 0.25) is 11.8 Å². The summed E-state index contributed by atoms with van der Waals surface area (Å²) in [6.45, 7) is 2.44. The number of carbonyl (C=O) groups is 2. The zero-order valence-electron chi connectivity index (χ0n) is 16.9. The van der Waals surface area contributed by atoms with Gasteiger partial charge in [-0.05, 0) is 29.7 Å². The van der Waals surface area contributed by atoms with Crippen LogP contribution in [-0.2, 0) is 29.1 Å². The highest BCUT2D eigenvalue weighted by Gasteiger charge is 2.26. The average molecular weight is 421 g/mol. The molecule has 0 unspecified atom stereocenters. The summed E-state index contributed by atoms with van der Waals surface area (Å²) in [5.74, 6) is -0.308. The van der Waals surface area contributed by atoms with E-state index in [2.05, 4.69) is 5.32 Å². The molecular formula is C25H25ClN2O2. The standard InChI is InChI=1S/C25H25ClN2O2/c1-19(25(30)27-17-22-14-8-9-15-23(22)26)28(18-21-12-6-3-7-13-21)24(29)16-20-10-4-2-5-11-20/h2-15,19H,16-18H2,1H3,(H,27,30)/t19-/m1/s1. The maximum absolute atomic E-state index is 13.1. The maximum atomic E-state index is 13.1. The Hall–Kier alpha value is -3.11. The Kier molecular flexibility index (Phi) is 7.63. The number of hydrogen-bond acceptors (Lipinski definition) is 2. The van der Waals surface area contributed by atoms with Crippen molar-refractivity contribution in [3.05, 3.63) is 107 Å². The van der Waals surface area contributed by atoms with Crippen molar-refractivity contribution in [2.24, 2.45) is 0 Å². The highest BCUT2D eigenvalue weighted by molar-refractivity contribution is 6.31. The lowest BCUT2D eigenvalue weighted by atomic mass is 10.1. The van der Waals surface area contributed by atoms with Gasteiger partial charge in [0.15, 0.2) is 0 Å². The first-order valence-corrected chi connectivity index (χ1v) is 10.3. The van der Waals surface area contributed by atoms with Gasteiger partial charge in [-0.3, -0.25) is 9.59 Å². The molecule has 0 aliphatic carbocycles. The second-order valence-corrected chi connectivity index (χ2v) is 7.56. The van der Waals surface area contributed by atoms with Gasteiger partial charge in [-0.1, -0.05) is 90.5 Å². The zero-order valence-corrected chi connectivity index (χ0v) is 17.7. The van der Waals surface area contributed by atoms with Crippen molar-refractivity contribution >= 4 is 23.4 Å². The quantitative estimate of drug-likeness (QED) is 0.578. The van der Waals surface area contributed by atoms with Crippen molar-refractivity contribution in [3.63, 3.8) is 0 Å². The molecule has 1 atom stereocenters. The molecule has 2 amide bonds. The summed E-state index contributed by atoms with van der Waals surface area (Å²) in [4.78, 5) is 27.6. The first-order chi connectivity index (χ1) is 14.5. The van der Waals surface area contributed by atoms with E-state index in [1.54, 1.807) is 17.9 Å². The summed E-state index contributed by atoms with van der Waals surface area (Å²) in [7, 11) is 0. The Morgan fingerprint density at radius 1 is 0.867 bits per heavy atom. The Bertz CT molecular complexity index is 977. The number of carbonyl (C=O) groups excluding carboxylic acids is 2. The third kappa shape index (κ3) is 5.94. The van der Waals surface area contributed by atoms with Crippen LogP contribution in [0.15, 0.2) is 84.9 Å². The van der Waals surface area contributed by atoms with E-state index in [0.29, 0.717) is 18.1 Å². The van der Waals surface area contributed by atoms with Crippen molar-refractivity contribution in [2.45, 2.75) is 32.5 Å². The number of rotatable bonds is 8. The summed E-state index contributed by atoms with van der Waals surface area (Å²) in [5, 5.41) is 3.51. The van der Waals surface area contributed by atoms with Crippen LogP contribution in [0, 0.1) is 0 Å². The van der Waals surface area contributed by atoms with E-state index in [1.807, 2.05) is 78.9 Å². The first kappa shape index (κ1) is 21.6. The van der Waals surface area contributed by atoms with E-state index in [4.69, 9.17) is 11.6 Å². The van der Waals surface area contributed by atoms with Crippen LogP contribution in [0.3, 0.4) is 0 Å². The van der Waals surface area contributed by atoms with Crippen molar-refractivity contribution in [1.29, 1.82) is 0 Å². The fourth-order valence-corrected chi connectivity index (χ4v) is 3.41. The normalized spacial score (nSPS) is 11.5. The number of halogens is 1. The number of hydrogen-bond donors (Lipinski definition) is 1. The van der Waals surface area contributed by atoms with Gasteiger partial charge in [0.1, 0.15) is 6.04 Å². The van der Waals surface area contributed by atoms with Crippen molar-refractivity contribution < 1.29 is 9.59 Å². The lowest BCUT2D eigenvalue weighted by molar-refractivity contribution is -0.140. The monoisotopic (exact) mass is 420 g/mol. The van der Waals surface area contributed by atoms with Gasteiger partial charge in [-0.2, -0.15) is 0 Å². The molecule has 0 saturated carbocycles. The summed E-state index contributed by atoms with van der Waals surface area (Å²) in [6, 6.07) is 26.0. The molecule has 4 nitrogen and oxygen atoms in total. The number of benzene rings is 3. The van der Waals surface area contributed by atoms with Crippen LogP contribution in [-0.4, -0.2) is 22.8 Å². The predicted octanol–water partition coefficient (Wildman–Crippen LogP) is 4.62. The topological polar surface area (TPSA) is 49.4 Å². The molecule has 0 aliphatic heterocycles. The van der Waals surface area contributed by atoms with E-state index < -0.39 is 6.04 Å². The largest absolute Gasteiger partial charge is 0.350 e. The minimum Gasteiger partial charge on any atom is -0.350 e. The van der Waals surface area contributed by atoms with Gasteiger partial charge in [0.05, 0.1) is 6.42 Å². The minimum atomic E-state index is -0.621. The number of nitrogens with zero attached hydrogens (tertiary/aromatic N) is 1. The second kappa shape index (κ2) is 10.6. The summed E-state index contributed by atoms with van der Waals surface area (Å²) >= 11 is 6.18. The molecule has 1 N–H and O–H groups in total. The zero-order chi connectivity index (χ0) is 21.3. The predicted molar refractivity (Wildman–Crippen MR) is 120 cm³/mol. The first-order valence-electron chi connectivity index (χ1n) is 9.93. The van der Waals surface area contributed by atoms with Crippen molar-refractivity contribution in [1.82, 2.24) is 10.2 Å². The van der Waals surface area contributed by atoms with E-state index in [-0.39, 0.29) is 18.2 Å². The van der Waals surface area contributed by atoms with Gasteiger partial charge in [0.25, 0.3) is 0 Å². The smallest absolute Gasteiger partial charge is 0.242 e. The molecule has 3 rings (SSSR count). The maximum Gasteiger partial charge on any atom is 0.242 e. The average Bonchev–Trinajstić information content (AvgIpc) is 2.77. The third-order valence-electron chi connectivity index (χ3n) is 4.97. The van der Waals surface area contributed by atoms with Crippen LogP contribution in [0.25, 0.3) is 0 Å². The molecule has 0 saturated heterocycles. The Morgan fingerprint density at radius 2 is 1.43 bits per heavy atom. The SMILES string of the molecule is C[C@H](C(=O)NCc1ccccc1Cl)N(Cc1ccccc1)C(=O)Cc1ccccc1. The van der Waals surface area contributed by atoms with Crippen LogP contribution in [0.1, 0.15) is 23.6 Å². The molecule has 154 valence electrons. The fourth-order valence-electron chi connectivity index (χ4n) is 3.21.